The van der Waals surface area contributed by atoms with Crippen molar-refractivity contribution in [3.05, 3.63) is 30.3 Å². The predicted molar refractivity (Wildman–Crippen MR) is 64.1 cm³/mol. The van der Waals surface area contributed by atoms with Crippen LogP contribution in [0.1, 0.15) is 12.8 Å². The number of hydrazine groups is 1. The topological polar surface area (TPSA) is 87.3 Å². The fraction of sp³-hybridized carbons (Fsp3) is 0.250. The molecule has 2 rings (SSSR count). The lowest BCUT2D eigenvalue weighted by atomic mass is 10.0. The fourth-order valence-corrected chi connectivity index (χ4v) is 1.70. The Morgan fingerprint density at radius 3 is 2.33 bits per heavy atom. The number of hydrogen-bond acceptors (Lipinski definition) is 3. The van der Waals surface area contributed by atoms with Crippen LogP contribution in [0.15, 0.2) is 30.3 Å². The van der Waals surface area contributed by atoms with Gasteiger partial charge in [-0.2, -0.15) is 0 Å². The van der Waals surface area contributed by atoms with Crippen LogP contribution >= 0.6 is 0 Å². The summed E-state index contributed by atoms with van der Waals surface area (Å²) >= 11 is 0. The number of carbonyl (C=O) groups is 3. The molecule has 3 amide bonds. The molecule has 0 bridgehead atoms. The predicted octanol–water partition coefficient (Wildman–Crippen LogP) is 0.183. The number of benzene rings is 1. The van der Waals surface area contributed by atoms with Gasteiger partial charge in [-0.15, -0.1) is 0 Å². The van der Waals surface area contributed by atoms with E-state index in [4.69, 9.17) is 0 Å². The molecule has 0 radical (unpaired) electrons. The molecule has 1 aliphatic rings. The highest BCUT2D eigenvalue weighted by atomic mass is 16.2. The van der Waals surface area contributed by atoms with E-state index in [-0.39, 0.29) is 30.6 Å². The lowest BCUT2D eigenvalue weighted by Crippen LogP contribution is -2.28. The van der Waals surface area contributed by atoms with Crippen LogP contribution in [0.3, 0.4) is 0 Å². The second-order valence-corrected chi connectivity index (χ2v) is 3.98. The standard InChI is InChI=1S/C12H13N3O3/c16-10(13-8-4-2-1-3-5-8)7-6-9-11(17)14-15-12(9)18/h1-5,9H,6-7H2,(H,13,16)(H,14,17)(H,15,18). The normalized spacial score (nSPS) is 15.1. The Morgan fingerprint density at radius 1 is 1.11 bits per heavy atom. The molecule has 94 valence electrons. The summed E-state index contributed by atoms with van der Waals surface area (Å²) in [6.07, 6.45) is 0.330. The smallest absolute Gasteiger partial charge is 0.251 e. The van der Waals surface area contributed by atoms with E-state index in [0.29, 0.717) is 5.69 Å². The van der Waals surface area contributed by atoms with Gasteiger partial charge in [0.05, 0.1) is 0 Å². The minimum atomic E-state index is -0.772. The highest BCUT2D eigenvalue weighted by Crippen LogP contribution is 2.12. The van der Waals surface area contributed by atoms with Crippen LogP contribution in [-0.4, -0.2) is 17.7 Å². The summed E-state index contributed by atoms with van der Waals surface area (Å²) < 4.78 is 0. The monoisotopic (exact) mass is 247 g/mol. The van der Waals surface area contributed by atoms with Crippen LogP contribution in [0.25, 0.3) is 0 Å². The van der Waals surface area contributed by atoms with Gasteiger partial charge in [-0.25, -0.2) is 0 Å². The highest BCUT2D eigenvalue weighted by molar-refractivity contribution is 6.05. The lowest BCUT2D eigenvalue weighted by molar-refractivity contribution is -0.128. The Bertz CT molecular complexity index is 457. The maximum Gasteiger partial charge on any atom is 0.251 e. The molecule has 0 saturated carbocycles. The summed E-state index contributed by atoms with van der Waals surface area (Å²) in [6.45, 7) is 0. The number of para-hydroxylation sites is 1. The van der Waals surface area contributed by atoms with Gasteiger partial charge < -0.3 is 5.32 Å². The van der Waals surface area contributed by atoms with Crippen LogP contribution in [0, 0.1) is 5.92 Å². The summed E-state index contributed by atoms with van der Waals surface area (Å²) in [5.41, 5.74) is 5.14. The summed E-state index contributed by atoms with van der Waals surface area (Å²) in [6, 6.07) is 9.02. The number of hydrogen-bond donors (Lipinski definition) is 3. The summed E-state index contributed by atoms with van der Waals surface area (Å²) in [4.78, 5) is 34.1. The van der Waals surface area contributed by atoms with Crippen molar-refractivity contribution in [3.63, 3.8) is 0 Å². The molecule has 18 heavy (non-hydrogen) atoms. The fourth-order valence-electron chi connectivity index (χ4n) is 1.70. The first kappa shape index (κ1) is 12.1. The summed E-state index contributed by atoms with van der Waals surface area (Å²) in [7, 11) is 0. The largest absolute Gasteiger partial charge is 0.326 e. The van der Waals surface area contributed by atoms with Crippen molar-refractivity contribution >= 4 is 23.4 Å². The van der Waals surface area contributed by atoms with Gasteiger partial charge in [0.2, 0.25) is 5.91 Å². The average Bonchev–Trinajstić information content (AvgIpc) is 2.68. The quantitative estimate of drug-likeness (QED) is 0.663. The van der Waals surface area contributed by atoms with E-state index in [9.17, 15) is 14.4 Å². The molecule has 0 atom stereocenters. The van der Waals surface area contributed by atoms with Crippen molar-refractivity contribution in [2.24, 2.45) is 5.92 Å². The molecule has 1 heterocycles. The number of amides is 3. The van der Waals surface area contributed by atoms with E-state index in [1.54, 1.807) is 12.1 Å². The van der Waals surface area contributed by atoms with Gasteiger partial charge in [0, 0.05) is 12.1 Å². The number of nitrogens with one attached hydrogen (secondary N) is 3. The number of anilines is 1. The Hall–Kier alpha value is -2.37. The lowest BCUT2D eigenvalue weighted by Gasteiger charge is -2.06. The molecule has 0 spiro atoms. The van der Waals surface area contributed by atoms with Crippen molar-refractivity contribution in [3.8, 4) is 0 Å². The van der Waals surface area contributed by atoms with Gasteiger partial charge in [0.15, 0.2) is 0 Å². The van der Waals surface area contributed by atoms with Crippen LogP contribution in [-0.2, 0) is 14.4 Å². The van der Waals surface area contributed by atoms with E-state index >= 15 is 0 Å². The third kappa shape index (κ3) is 2.85. The highest BCUT2D eigenvalue weighted by Gasteiger charge is 2.32. The van der Waals surface area contributed by atoms with Gasteiger partial charge in [0.1, 0.15) is 5.92 Å². The van der Waals surface area contributed by atoms with Gasteiger partial charge in [-0.1, -0.05) is 18.2 Å². The molecular weight excluding hydrogens is 234 g/mol. The van der Waals surface area contributed by atoms with Crippen LogP contribution in [0.2, 0.25) is 0 Å². The van der Waals surface area contributed by atoms with Crippen molar-refractivity contribution in [1.29, 1.82) is 0 Å². The molecule has 6 heteroatoms. The molecule has 6 nitrogen and oxygen atoms in total. The third-order valence-electron chi connectivity index (χ3n) is 2.66. The van der Waals surface area contributed by atoms with Crippen molar-refractivity contribution in [2.75, 3.05) is 5.32 Å². The van der Waals surface area contributed by atoms with Crippen LogP contribution in [0.5, 0.6) is 0 Å². The van der Waals surface area contributed by atoms with Crippen molar-refractivity contribution < 1.29 is 14.4 Å². The minimum absolute atomic E-state index is 0.125. The summed E-state index contributed by atoms with van der Waals surface area (Å²) in [5.74, 6) is -1.75. The van der Waals surface area contributed by atoms with Crippen molar-refractivity contribution in [2.45, 2.75) is 12.8 Å². The molecule has 3 N–H and O–H groups in total. The van der Waals surface area contributed by atoms with Crippen molar-refractivity contribution in [1.82, 2.24) is 10.9 Å². The van der Waals surface area contributed by atoms with E-state index in [0.717, 1.165) is 0 Å². The Balaban J connectivity index is 1.82. The number of rotatable bonds is 4. The average molecular weight is 247 g/mol. The van der Waals surface area contributed by atoms with Gasteiger partial charge >= 0.3 is 0 Å². The zero-order valence-electron chi connectivity index (χ0n) is 9.60. The zero-order valence-corrected chi connectivity index (χ0v) is 9.60. The first-order valence-corrected chi connectivity index (χ1v) is 5.61. The van der Waals surface area contributed by atoms with Gasteiger partial charge in [0.25, 0.3) is 11.8 Å². The van der Waals surface area contributed by atoms with E-state index in [2.05, 4.69) is 16.2 Å². The van der Waals surface area contributed by atoms with E-state index < -0.39 is 5.92 Å². The molecular formula is C12H13N3O3. The van der Waals surface area contributed by atoms with Gasteiger partial charge in [-0.3, -0.25) is 25.2 Å². The first-order chi connectivity index (χ1) is 8.66. The SMILES string of the molecule is O=C(CCC1C(=O)NNC1=O)Nc1ccccc1. The van der Waals surface area contributed by atoms with E-state index in [1.807, 2.05) is 18.2 Å². The second-order valence-electron chi connectivity index (χ2n) is 3.98. The molecule has 1 aliphatic heterocycles. The Labute approximate surface area is 104 Å². The molecule has 1 fully saturated rings. The maximum atomic E-state index is 11.6. The third-order valence-corrected chi connectivity index (χ3v) is 2.66. The first-order valence-electron chi connectivity index (χ1n) is 5.61. The molecule has 1 aromatic carbocycles. The molecule has 0 aromatic heterocycles. The zero-order chi connectivity index (χ0) is 13.0. The molecule has 1 saturated heterocycles. The minimum Gasteiger partial charge on any atom is -0.326 e. The molecule has 0 aliphatic carbocycles. The molecule has 1 aromatic rings. The second kappa shape index (κ2) is 5.31. The Morgan fingerprint density at radius 2 is 1.72 bits per heavy atom. The van der Waals surface area contributed by atoms with Crippen LogP contribution in [0.4, 0.5) is 5.69 Å². The summed E-state index contributed by atoms with van der Waals surface area (Å²) in [5, 5.41) is 2.69. The maximum absolute atomic E-state index is 11.6. The van der Waals surface area contributed by atoms with Gasteiger partial charge in [-0.05, 0) is 18.6 Å². The van der Waals surface area contributed by atoms with E-state index in [1.165, 1.54) is 0 Å². The van der Waals surface area contributed by atoms with Crippen LogP contribution < -0.4 is 16.2 Å². The molecule has 0 unspecified atom stereocenters. The Kier molecular flexibility index (Phi) is 3.57. The number of carbonyl (C=O) groups excluding carboxylic acids is 3.